The zero-order chi connectivity index (χ0) is 15.2. The molecule has 21 heavy (non-hydrogen) atoms. The lowest BCUT2D eigenvalue weighted by molar-refractivity contribution is 0.902. The first-order chi connectivity index (χ1) is 10.2. The number of rotatable bonds is 6. The quantitative estimate of drug-likeness (QED) is 0.660. The number of benzene rings is 1. The van der Waals surface area contributed by atoms with Crippen molar-refractivity contribution in [3.63, 3.8) is 0 Å². The van der Waals surface area contributed by atoms with E-state index in [1.165, 1.54) is 0 Å². The molecular weight excluding hydrogens is 399 g/mol. The summed E-state index contributed by atoms with van der Waals surface area (Å²) >= 11 is 8.26. The van der Waals surface area contributed by atoms with Crippen molar-refractivity contribution < 1.29 is 0 Å². The number of aromatic nitrogens is 2. The maximum atomic E-state index is 6.00. The number of anilines is 3. The van der Waals surface area contributed by atoms with Crippen LogP contribution in [0.4, 0.5) is 17.3 Å². The minimum atomic E-state index is 0.731. The zero-order valence-electron chi connectivity index (χ0n) is 12.1. The van der Waals surface area contributed by atoms with Gasteiger partial charge < -0.3 is 10.6 Å². The van der Waals surface area contributed by atoms with Crippen LogP contribution in [0.3, 0.4) is 0 Å². The van der Waals surface area contributed by atoms with Crippen molar-refractivity contribution in [2.45, 2.75) is 26.7 Å². The molecule has 112 valence electrons. The summed E-state index contributed by atoms with van der Waals surface area (Å²) in [6.45, 7) is 5.05. The summed E-state index contributed by atoms with van der Waals surface area (Å²) < 4.78 is 1.06. The van der Waals surface area contributed by atoms with Crippen molar-refractivity contribution in [3.8, 4) is 0 Å². The highest BCUT2D eigenvalue weighted by atomic mass is 127. The van der Waals surface area contributed by atoms with Gasteiger partial charge in [-0.15, -0.1) is 0 Å². The normalized spacial score (nSPS) is 10.5. The highest BCUT2D eigenvalue weighted by molar-refractivity contribution is 14.1. The van der Waals surface area contributed by atoms with Crippen LogP contribution < -0.4 is 10.6 Å². The van der Waals surface area contributed by atoms with Gasteiger partial charge in [0.1, 0.15) is 18.0 Å². The number of nitrogens with one attached hydrogen (secondary N) is 2. The van der Waals surface area contributed by atoms with Crippen LogP contribution in [0.5, 0.6) is 0 Å². The predicted molar refractivity (Wildman–Crippen MR) is 97.6 cm³/mol. The Bertz CT molecular complexity index is 619. The molecule has 0 aliphatic carbocycles. The van der Waals surface area contributed by atoms with Gasteiger partial charge in [-0.25, -0.2) is 9.97 Å². The number of halogens is 2. The lowest BCUT2D eigenvalue weighted by Crippen LogP contribution is -2.08. The molecule has 0 amide bonds. The van der Waals surface area contributed by atoms with Crippen LogP contribution in [-0.2, 0) is 6.42 Å². The Kier molecular flexibility index (Phi) is 6.05. The predicted octanol–water partition coefficient (Wildman–Crippen LogP) is 4.86. The van der Waals surface area contributed by atoms with Gasteiger partial charge in [0, 0.05) is 20.7 Å². The third kappa shape index (κ3) is 4.20. The number of hydrogen-bond donors (Lipinski definition) is 2. The molecule has 0 unspecified atom stereocenters. The van der Waals surface area contributed by atoms with Crippen molar-refractivity contribution in [1.29, 1.82) is 0 Å². The summed E-state index contributed by atoms with van der Waals surface area (Å²) in [6, 6.07) is 5.77. The van der Waals surface area contributed by atoms with Crippen LogP contribution >= 0.6 is 34.2 Å². The van der Waals surface area contributed by atoms with E-state index in [2.05, 4.69) is 57.0 Å². The van der Waals surface area contributed by atoms with E-state index >= 15 is 0 Å². The lowest BCUT2D eigenvalue weighted by Gasteiger charge is -2.15. The smallest absolute Gasteiger partial charge is 0.139 e. The maximum Gasteiger partial charge on any atom is 0.139 e. The molecule has 1 heterocycles. The van der Waals surface area contributed by atoms with Gasteiger partial charge in [0.05, 0.1) is 5.69 Å². The Balaban J connectivity index is 2.36. The first-order valence-electron chi connectivity index (χ1n) is 6.95. The first kappa shape index (κ1) is 16.3. The molecule has 0 fully saturated rings. The van der Waals surface area contributed by atoms with Gasteiger partial charge in [0.15, 0.2) is 0 Å². The van der Waals surface area contributed by atoms with Crippen molar-refractivity contribution in [2.75, 3.05) is 17.2 Å². The molecule has 0 atom stereocenters. The second kappa shape index (κ2) is 7.79. The molecule has 0 radical (unpaired) electrons. The standard InChI is InChI=1S/C15H18ClIN4/c1-3-5-11-14(18-4-2)19-9-20-15(11)21-13-7-6-10(16)8-12(13)17/h6-9H,3-5H2,1-2H3,(H2,18,19,20,21). The van der Waals surface area contributed by atoms with Gasteiger partial charge in [-0.1, -0.05) is 24.9 Å². The summed E-state index contributed by atoms with van der Waals surface area (Å²) in [5.41, 5.74) is 2.12. The van der Waals surface area contributed by atoms with E-state index in [9.17, 15) is 0 Å². The molecule has 2 rings (SSSR count). The van der Waals surface area contributed by atoms with Crippen LogP contribution in [0.1, 0.15) is 25.8 Å². The van der Waals surface area contributed by atoms with E-state index in [0.29, 0.717) is 0 Å². The van der Waals surface area contributed by atoms with Gasteiger partial charge in [-0.3, -0.25) is 0 Å². The molecule has 0 saturated heterocycles. The maximum absolute atomic E-state index is 6.00. The third-order valence-electron chi connectivity index (χ3n) is 2.97. The van der Waals surface area contributed by atoms with Crippen LogP contribution in [0.25, 0.3) is 0 Å². The second-order valence-electron chi connectivity index (χ2n) is 4.58. The van der Waals surface area contributed by atoms with E-state index < -0.39 is 0 Å². The highest BCUT2D eigenvalue weighted by Gasteiger charge is 2.11. The van der Waals surface area contributed by atoms with Gasteiger partial charge in [0.25, 0.3) is 0 Å². The molecule has 0 aliphatic rings. The molecule has 0 bridgehead atoms. The minimum absolute atomic E-state index is 0.731. The van der Waals surface area contributed by atoms with E-state index in [1.54, 1.807) is 6.33 Å². The van der Waals surface area contributed by atoms with Gasteiger partial charge >= 0.3 is 0 Å². The van der Waals surface area contributed by atoms with E-state index in [-0.39, 0.29) is 0 Å². The minimum Gasteiger partial charge on any atom is -0.370 e. The Morgan fingerprint density at radius 3 is 2.62 bits per heavy atom. The number of hydrogen-bond acceptors (Lipinski definition) is 4. The van der Waals surface area contributed by atoms with E-state index in [0.717, 1.165) is 50.9 Å². The number of nitrogens with zero attached hydrogens (tertiary/aromatic N) is 2. The third-order valence-corrected chi connectivity index (χ3v) is 4.10. The molecular formula is C15H18ClIN4. The fourth-order valence-corrected chi connectivity index (χ4v) is 3.05. The van der Waals surface area contributed by atoms with Crippen LogP contribution in [-0.4, -0.2) is 16.5 Å². The monoisotopic (exact) mass is 416 g/mol. The fourth-order valence-electron chi connectivity index (χ4n) is 2.05. The average Bonchev–Trinajstić information content (AvgIpc) is 2.45. The molecule has 0 aliphatic heterocycles. The largest absolute Gasteiger partial charge is 0.370 e. The Hall–Kier alpha value is -1.08. The zero-order valence-corrected chi connectivity index (χ0v) is 15.0. The Morgan fingerprint density at radius 1 is 1.19 bits per heavy atom. The second-order valence-corrected chi connectivity index (χ2v) is 6.18. The first-order valence-corrected chi connectivity index (χ1v) is 8.41. The summed E-state index contributed by atoms with van der Waals surface area (Å²) in [4.78, 5) is 8.74. The van der Waals surface area contributed by atoms with E-state index in [1.807, 2.05) is 18.2 Å². The average molecular weight is 417 g/mol. The van der Waals surface area contributed by atoms with Crippen molar-refractivity contribution >= 4 is 51.5 Å². The van der Waals surface area contributed by atoms with Crippen LogP contribution in [0.15, 0.2) is 24.5 Å². The van der Waals surface area contributed by atoms with Crippen LogP contribution in [0, 0.1) is 3.57 Å². The van der Waals surface area contributed by atoms with Gasteiger partial charge in [0.2, 0.25) is 0 Å². The lowest BCUT2D eigenvalue weighted by atomic mass is 10.1. The molecule has 2 N–H and O–H groups in total. The molecule has 1 aromatic heterocycles. The molecule has 0 saturated carbocycles. The fraction of sp³-hybridized carbons (Fsp3) is 0.333. The molecule has 2 aromatic rings. The SMILES string of the molecule is CCCc1c(NCC)ncnc1Nc1ccc(Cl)cc1I. The topological polar surface area (TPSA) is 49.8 Å². The summed E-state index contributed by atoms with van der Waals surface area (Å²) in [5.74, 6) is 1.75. The van der Waals surface area contributed by atoms with Crippen molar-refractivity contribution in [2.24, 2.45) is 0 Å². The van der Waals surface area contributed by atoms with Gasteiger partial charge in [-0.2, -0.15) is 0 Å². The Morgan fingerprint density at radius 2 is 1.95 bits per heavy atom. The molecule has 1 aromatic carbocycles. The van der Waals surface area contributed by atoms with Crippen molar-refractivity contribution in [1.82, 2.24) is 9.97 Å². The molecule has 6 heteroatoms. The summed E-state index contributed by atoms with van der Waals surface area (Å²) in [6.07, 6.45) is 3.55. The Labute approximate surface area is 143 Å². The van der Waals surface area contributed by atoms with Gasteiger partial charge in [-0.05, 0) is 54.1 Å². The summed E-state index contributed by atoms with van der Waals surface area (Å²) in [5, 5.41) is 7.42. The van der Waals surface area contributed by atoms with E-state index in [4.69, 9.17) is 11.6 Å². The van der Waals surface area contributed by atoms with Crippen molar-refractivity contribution in [3.05, 3.63) is 38.7 Å². The highest BCUT2D eigenvalue weighted by Crippen LogP contribution is 2.28. The molecule has 4 nitrogen and oxygen atoms in total. The molecule has 0 spiro atoms. The van der Waals surface area contributed by atoms with Crippen LogP contribution in [0.2, 0.25) is 5.02 Å². The summed E-state index contributed by atoms with van der Waals surface area (Å²) in [7, 11) is 0.